The van der Waals surface area contributed by atoms with Crippen LogP contribution in [0.4, 0.5) is 0 Å². The first-order valence-corrected chi connectivity index (χ1v) is 12.5. The van der Waals surface area contributed by atoms with E-state index in [4.69, 9.17) is 49.8 Å². The molecule has 9 heteroatoms. The number of thioether (sulfide) groups is 1. The van der Waals surface area contributed by atoms with Crippen molar-refractivity contribution in [3.63, 3.8) is 0 Å². The maximum absolute atomic E-state index is 6.43. The Morgan fingerprint density at radius 3 is 2.03 bits per heavy atom. The van der Waals surface area contributed by atoms with Gasteiger partial charge in [0.05, 0.1) is 11.5 Å². The van der Waals surface area contributed by atoms with Gasteiger partial charge in [0.15, 0.2) is 5.88 Å². The van der Waals surface area contributed by atoms with E-state index in [1.807, 2.05) is 67.6 Å². The van der Waals surface area contributed by atoms with Gasteiger partial charge in [0.25, 0.3) is 5.89 Å². The number of ether oxygens (including phenoxy) is 1. The maximum Gasteiger partial charge on any atom is 0.260 e. The minimum Gasteiger partial charge on any atom is -0.445 e. The zero-order chi connectivity index (χ0) is 24.5. The molecule has 3 aromatic carbocycles. The lowest BCUT2D eigenvalue weighted by molar-refractivity contribution is 0.289. The first-order chi connectivity index (χ1) is 16.9. The van der Waals surface area contributed by atoms with E-state index in [9.17, 15) is 0 Å². The normalized spacial score (nSPS) is 15.9. The Balaban J connectivity index is 1.60. The van der Waals surface area contributed by atoms with E-state index < -0.39 is 0 Å². The summed E-state index contributed by atoms with van der Waals surface area (Å²) >= 11 is 19.9. The van der Waals surface area contributed by atoms with Gasteiger partial charge in [-0.25, -0.2) is 0 Å². The van der Waals surface area contributed by atoms with Gasteiger partial charge in [0.2, 0.25) is 5.82 Å². The second-order valence-corrected chi connectivity index (χ2v) is 10.2. The summed E-state index contributed by atoms with van der Waals surface area (Å²) < 4.78 is 11.7. The molecule has 0 saturated carbocycles. The number of nitrogens with zero attached hydrogens (tertiary/aromatic N) is 2. The molecule has 0 aliphatic carbocycles. The molecule has 0 radical (unpaired) electrons. The van der Waals surface area contributed by atoms with E-state index in [0.717, 1.165) is 20.9 Å². The van der Waals surface area contributed by atoms with Gasteiger partial charge in [0.1, 0.15) is 5.76 Å². The van der Waals surface area contributed by atoms with E-state index in [-0.39, 0.29) is 17.7 Å². The van der Waals surface area contributed by atoms with E-state index in [1.54, 1.807) is 23.9 Å². The summed E-state index contributed by atoms with van der Waals surface area (Å²) in [6, 6.07) is 22.4. The first kappa shape index (κ1) is 23.8. The Hall–Kier alpha value is -2.90. The van der Waals surface area contributed by atoms with Crippen LogP contribution in [0.2, 0.25) is 15.1 Å². The maximum atomic E-state index is 6.43. The average molecular weight is 543 g/mol. The van der Waals surface area contributed by atoms with Crippen LogP contribution in [0.5, 0.6) is 0 Å². The Labute approximate surface area is 221 Å². The van der Waals surface area contributed by atoms with Crippen molar-refractivity contribution in [2.45, 2.75) is 17.7 Å². The van der Waals surface area contributed by atoms with Gasteiger partial charge in [-0.05, 0) is 73.2 Å². The highest BCUT2D eigenvalue weighted by molar-refractivity contribution is 8.03. The first-order valence-electron chi connectivity index (χ1n) is 10.6. The highest BCUT2D eigenvalue weighted by Gasteiger charge is 2.36. The number of rotatable bonds is 5. The Kier molecular flexibility index (Phi) is 6.80. The van der Waals surface area contributed by atoms with Crippen molar-refractivity contribution in [2.75, 3.05) is 0 Å². The van der Waals surface area contributed by atoms with Crippen molar-refractivity contribution in [1.29, 1.82) is 0 Å². The van der Waals surface area contributed by atoms with Crippen LogP contribution in [0.1, 0.15) is 24.3 Å². The molecule has 5 nitrogen and oxygen atoms in total. The molecule has 2 N–H and O–H groups in total. The smallest absolute Gasteiger partial charge is 0.260 e. The highest BCUT2D eigenvalue weighted by Crippen LogP contribution is 2.50. The van der Waals surface area contributed by atoms with Crippen molar-refractivity contribution in [2.24, 2.45) is 5.73 Å². The standard InChI is InChI=1S/C26H18Cl3N3O2S/c1-14-23(35-20-12-10-19(29)11-13-20)21(15-2-6-17(27)7-3-15)22(24(30)33-14)26-31-25(32-34-26)16-4-8-18(28)9-5-16/h2-13,21H,30H2,1H3. The number of hydrogen-bond acceptors (Lipinski definition) is 6. The number of hydrogen-bond donors (Lipinski definition) is 1. The highest BCUT2D eigenvalue weighted by atomic mass is 35.5. The summed E-state index contributed by atoms with van der Waals surface area (Å²) in [7, 11) is 0. The third-order valence-corrected chi connectivity index (χ3v) is 7.44. The molecule has 0 amide bonds. The van der Waals surface area contributed by atoms with Crippen LogP contribution in [0.3, 0.4) is 0 Å². The van der Waals surface area contributed by atoms with Crippen LogP contribution in [-0.2, 0) is 4.74 Å². The molecule has 176 valence electrons. The van der Waals surface area contributed by atoms with E-state index in [1.165, 1.54) is 0 Å². The molecular weight excluding hydrogens is 525 g/mol. The van der Waals surface area contributed by atoms with Gasteiger partial charge in [0, 0.05) is 30.4 Å². The van der Waals surface area contributed by atoms with Gasteiger partial charge in [-0.15, -0.1) is 0 Å². The fourth-order valence-electron chi connectivity index (χ4n) is 3.76. The van der Waals surface area contributed by atoms with Crippen molar-refractivity contribution in [1.82, 2.24) is 10.1 Å². The zero-order valence-corrected chi connectivity index (χ0v) is 21.4. The van der Waals surface area contributed by atoms with Crippen molar-refractivity contribution >= 4 is 52.1 Å². The van der Waals surface area contributed by atoms with Crippen molar-refractivity contribution in [3.8, 4) is 11.4 Å². The van der Waals surface area contributed by atoms with Gasteiger partial charge >= 0.3 is 0 Å². The van der Waals surface area contributed by atoms with Crippen molar-refractivity contribution < 1.29 is 9.26 Å². The molecule has 0 spiro atoms. The molecule has 35 heavy (non-hydrogen) atoms. The number of nitrogens with two attached hydrogens (primary N) is 1. The summed E-state index contributed by atoms with van der Waals surface area (Å²) in [5.74, 6) is 1.26. The lowest BCUT2D eigenvalue weighted by Gasteiger charge is -2.29. The van der Waals surface area contributed by atoms with Crippen molar-refractivity contribution in [3.05, 3.63) is 116 Å². The third kappa shape index (κ3) is 5.07. The molecule has 5 rings (SSSR count). The molecule has 2 heterocycles. The molecule has 1 aliphatic rings. The van der Waals surface area contributed by atoms with Crippen LogP contribution in [-0.4, -0.2) is 10.1 Å². The van der Waals surface area contributed by atoms with E-state index >= 15 is 0 Å². The number of allylic oxidation sites excluding steroid dienone is 3. The SMILES string of the molecule is CC1=C(Sc2ccc(Cl)cc2)C(c2ccc(Cl)cc2)C(c2nc(-c3ccc(Cl)cc3)no2)=C(N)O1. The Morgan fingerprint density at radius 1 is 0.829 bits per heavy atom. The zero-order valence-electron chi connectivity index (χ0n) is 18.3. The third-order valence-electron chi connectivity index (χ3n) is 5.43. The van der Waals surface area contributed by atoms with E-state index in [0.29, 0.717) is 32.2 Å². The number of aromatic nitrogens is 2. The molecule has 0 fully saturated rings. The molecule has 1 aliphatic heterocycles. The summed E-state index contributed by atoms with van der Waals surface area (Å²) in [6.07, 6.45) is 0. The molecule has 4 aromatic rings. The van der Waals surface area contributed by atoms with Crippen LogP contribution in [0.15, 0.2) is 98.8 Å². The minimum absolute atomic E-state index is 0.203. The molecule has 1 unspecified atom stereocenters. The van der Waals surface area contributed by atoms with Gasteiger partial charge in [-0.3, -0.25) is 0 Å². The fraction of sp³-hybridized carbons (Fsp3) is 0.0769. The summed E-state index contributed by atoms with van der Waals surface area (Å²) in [6.45, 7) is 1.89. The Morgan fingerprint density at radius 2 is 1.40 bits per heavy atom. The summed E-state index contributed by atoms with van der Waals surface area (Å²) in [4.78, 5) is 6.58. The summed E-state index contributed by atoms with van der Waals surface area (Å²) in [5.41, 5.74) is 8.74. The van der Waals surface area contributed by atoms with Crippen LogP contribution in [0.25, 0.3) is 17.0 Å². The monoisotopic (exact) mass is 541 g/mol. The number of benzene rings is 3. The average Bonchev–Trinajstić information content (AvgIpc) is 3.32. The molecule has 1 atom stereocenters. The Bertz CT molecular complexity index is 1430. The van der Waals surface area contributed by atoms with Crippen LogP contribution in [0, 0.1) is 0 Å². The molecule has 1 aromatic heterocycles. The molecule has 0 bridgehead atoms. The van der Waals surface area contributed by atoms with Crippen LogP contribution < -0.4 is 5.73 Å². The largest absolute Gasteiger partial charge is 0.445 e. The second-order valence-electron chi connectivity index (χ2n) is 7.77. The fourth-order valence-corrected chi connectivity index (χ4v) is 5.22. The predicted octanol–water partition coefficient (Wildman–Crippen LogP) is 8.16. The van der Waals surface area contributed by atoms with Gasteiger partial charge in [-0.1, -0.05) is 63.9 Å². The van der Waals surface area contributed by atoms with Crippen LogP contribution >= 0.6 is 46.6 Å². The quantitative estimate of drug-likeness (QED) is 0.274. The van der Waals surface area contributed by atoms with E-state index in [2.05, 4.69) is 10.1 Å². The second kappa shape index (κ2) is 9.99. The lowest BCUT2D eigenvalue weighted by Crippen LogP contribution is -2.19. The number of halogens is 3. The minimum atomic E-state index is -0.319. The van der Waals surface area contributed by atoms with Gasteiger partial charge in [-0.2, -0.15) is 4.98 Å². The molecular formula is C26H18Cl3N3O2S. The lowest BCUT2D eigenvalue weighted by atomic mass is 9.88. The molecule has 0 saturated heterocycles. The predicted molar refractivity (Wildman–Crippen MR) is 141 cm³/mol. The summed E-state index contributed by atoms with van der Waals surface area (Å²) in [5, 5.41) is 6.10. The topological polar surface area (TPSA) is 74.2 Å². The van der Waals surface area contributed by atoms with Gasteiger partial charge < -0.3 is 15.0 Å².